The van der Waals surface area contributed by atoms with Gasteiger partial charge in [-0.05, 0) is 59.7 Å². The number of halogens is 3. The summed E-state index contributed by atoms with van der Waals surface area (Å²) in [6.45, 7) is 0.492. The highest BCUT2D eigenvalue weighted by atomic mass is 127. The Bertz CT molecular complexity index is 1600. The number of rotatable bonds is 4. The minimum atomic E-state index is -2.70. The number of aromatic nitrogens is 4. The van der Waals surface area contributed by atoms with Gasteiger partial charge in [0.05, 0.1) is 22.6 Å². The first-order chi connectivity index (χ1) is 17.3. The van der Waals surface area contributed by atoms with Gasteiger partial charge in [-0.25, -0.2) is 13.8 Å². The van der Waals surface area contributed by atoms with Crippen molar-refractivity contribution in [1.82, 2.24) is 19.5 Å². The highest BCUT2D eigenvalue weighted by Gasteiger charge is 2.34. The largest absolute Gasteiger partial charge is 0.382 e. The van der Waals surface area contributed by atoms with Crippen molar-refractivity contribution < 1.29 is 8.78 Å². The molecular weight excluding hydrogens is 581 g/mol. The second-order valence-electron chi connectivity index (χ2n) is 8.27. The van der Waals surface area contributed by atoms with Crippen molar-refractivity contribution in [3.63, 3.8) is 0 Å². The van der Waals surface area contributed by atoms with E-state index in [0.29, 0.717) is 36.1 Å². The molecular formula is C24H19F2IN8O. The van der Waals surface area contributed by atoms with E-state index in [1.807, 2.05) is 17.0 Å². The zero-order chi connectivity index (χ0) is 25.6. The van der Waals surface area contributed by atoms with E-state index in [2.05, 4.69) is 32.6 Å². The molecule has 0 aliphatic carbocycles. The van der Waals surface area contributed by atoms with Gasteiger partial charge in [-0.2, -0.15) is 15.2 Å². The van der Waals surface area contributed by atoms with Crippen molar-refractivity contribution in [1.29, 1.82) is 5.26 Å². The third-order valence-corrected chi connectivity index (χ3v) is 7.00. The Balaban J connectivity index is 1.79. The number of hydrogen-bond acceptors (Lipinski definition) is 8. The van der Waals surface area contributed by atoms with Crippen LogP contribution in [-0.4, -0.2) is 26.1 Å². The summed E-state index contributed by atoms with van der Waals surface area (Å²) in [5.74, 6) is 0.457. The molecule has 1 atom stereocenters. The predicted molar refractivity (Wildman–Crippen MR) is 140 cm³/mol. The van der Waals surface area contributed by atoms with Crippen LogP contribution in [0.3, 0.4) is 0 Å². The average molecular weight is 600 g/mol. The minimum absolute atomic E-state index is 0.0475. The Labute approximate surface area is 217 Å². The van der Waals surface area contributed by atoms with Gasteiger partial charge in [-0.1, -0.05) is 18.2 Å². The van der Waals surface area contributed by atoms with E-state index in [4.69, 9.17) is 16.5 Å². The molecule has 3 heterocycles. The zero-order valence-corrected chi connectivity index (χ0v) is 20.9. The number of fused-ring (bicyclic) bond motifs is 1. The van der Waals surface area contributed by atoms with Crippen LogP contribution >= 0.6 is 22.6 Å². The van der Waals surface area contributed by atoms with Crippen molar-refractivity contribution >= 4 is 51.1 Å². The van der Waals surface area contributed by atoms with Crippen molar-refractivity contribution in [2.45, 2.75) is 25.3 Å². The van der Waals surface area contributed by atoms with E-state index < -0.39 is 12.5 Å². The van der Waals surface area contributed by atoms with Gasteiger partial charge in [-0.15, -0.1) is 0 Å². The van der Waals surface area contributed by atoms with Crippen LogP contribution < -0.4 is 21.9 Å². The number of alkyl halides is 2. The van der Waals surface area contributed by atoms with Crippen molar-refractivity contribution in [2.24, 2.45) is 0 Å². The summed E-state index contributed by atoms with van der Waals surface area (Å²) < 4.78 is 29.2. The Morgan fingerprint density at radius 3 is 2.67 bits per heavy atom. The van der Waals surface area contributed by atoms with Crippen molar-refractivity contribution in [2.75, 3.05) is 22.9 Å². The monoisotopic (exact) mass is 600 g/mol. The van der Waals surface area contributed by atoms with Crippen LogP contribution in [0.5, 0.6) is 0 Å². The molecule has 1 aliphatic heterocycles. The number of nitrogen functional groups attached to an aromatic ring is 2. The Hall–Kier alpha value is -3.86. The molecule has 0 spiro atoms. The average Bonchev–Trinajstić information content (AvgIpc) is 3.34. The molecule has 36 heavy (non-hydrogen) atoms. The lowest BCUT2D eigenvalue weighted by molar-refractivity contribution is 0.151. The summed E-state index contributed by atoms with van der Waals surface area (Å²) >= 11 is 2.11. The lowest BCUT2D eigenvalue weighted by Gasteiger charge is -2.28. The van der Waals surface area contributed by atoms with Gasteiger partial charge < -0.3 is 16.4 Å². The molecule has 4 aromatic rings. The maximum Gasteiger partial charge on any atom is 0.266 e. The third kappa shape index (κ3) is 3.98. The highest BCUT2D eigenvalue weighted by molar-refractivity contribution is 14.1. The molecule has 0 bridgehead atoms. The summed E-state index contributed by atoms with van der Waals surface area (Å²) in [5, 5.41) is 10.1. The van der Waals surface area contributed by atoms with Gasteiger partial charge in [0.2, 0.25) is 5.95 Å². The molecule has 5 rings (SSSR count). The van der Waals surface area contributed by atoms with E-state index in [9.17, 15) is 18.8 Å². The number of anilines is 3. The maximum absolute atomic E-state index is 13.8. The fraction of sp³-hybridized carbons (Fsp3) is 0.208. The second-order valence-corrected chi connectivity index (χ2v) is 9.43. The van der Waals surface area contributed by atoms with Crippen molar-refractivity contribution in [3.8, 4) is 11.8 Å². The van der Waals surface area contributed by atoms with Gasteiger partial charge >= 0.3 is 0 Å². The summed E-state index contributed by atoms with van der Waals surface area (Å²) in [7, 11) is 0. The molecule has 2 aromatic heterocycles. The van der Waals surface area contributed by atoms with E-state index in [-0.39, 0.29) is 40.0 Å². The number of nitrogens with two attached hydrogens (primary N) is 2. The topological polar surface area (TPSA) is 140 Å². The van der Waals surface area contributed by atoms with Crippen molar-refractivity contribution in [3.05, 3.63) is 73.3 Å². The molecule has 182 valence electrons. The lowest BCUT2D eigenvalue weighted by Crippen LogP contribution is -2.32. The van der Waals surface area contributed by atoms with E-state index in [0.717, 1.165) is 3.57 Å². The minimum Gasteiger partial charge on any atom is -0.382 e. The molecule has 0 amide bonds. The Kier molecular flexibility index (Phi) is 6.17. The summed E-state index contributed by atoms with van der Waals surface area (Å²) in [4.78, 5) is 28.7. The first-order valence-electron chi connectivity index (χ1n) is 11.0. The normalized spacial score (nSPS) is 15.5. The predicted octanol–water partition coefficient (Wildman–Crippen LogP) is 4.10. The van der Waals surface area contributed by atoms with Crippen LogP contribution in [0.25, 0.3) is 16.6 Å². The number of nitriles is 1. The number of nitrogens with zero attached hydrogens (tertiary/aromatic N) is 6. The molecule has 2 aromatic carbocycles. The van der Waals surface area contributed by atoms with Crippen LogP contribution in [0.15, 0.2) is 47.3 Å². The molecule has 0 radical (unpaired) electrons. The quantitative estimate of drug-likeness (QED) is 0.334. The summed E-state index contributed by atoms with van der Waals surface area (Å²) in [6.07, 6.45) is -1.42. The molecule has 1 saturated heterocycles. The van der Waals surface area contributed by atoms with Crippen LogP contribution in [0.1, 0.15) is 42.3 Å². The highest BCUT2D eigenvalue weighted by Crippen LogP contribution is 2.38. The van der Waals surface area contributed by atoms with Crippen LogP contribution in [0, 0.1) is 14.9 Å². The smallest absolute Gasteiger partial charge is 0.266 e. The van der Waals surface area contributed by atoms with E-state index in [1.165, 1.54) is 22.8 Å². The third-order valence-electron chi connectivity index (χ3n) is 6.13. The molecule has 0 saturated carbocycles. The first kappa shape index (κ1) is 23.9. The fourth-order valence-electron chi connectivity index (χ4n) is 4.55. The standard InChI is InChI=1S/C24H19F2IN8O/c25-19(26)12-4-1-5-13(10-12)35-22(31-18-14(23(35)36)6-2-7-16(18)27)17-8-3-9-34(17)21-15(11-28)20(29)32-24(30)33-21/h1-2,4-7,10,17,19H,3,8-9H2,(H4,29,30,32,33). The van der Waals surface area contributed by atoms with Gasteiger partial charge in [0.1, 0.15) is 23.3 Å². The molecule has 4 N–H and O–H groups in total. The summed E-state index contributed by atoms with van der Waals surface area (Å²) in [6, 6.07) is 12.5. The first-order valence-corrected chi connectivity index (χ1v) is 12.1. The van der Waals surface area contributed by atoms with E-state index in [1.54, 1.807) is 18.2 Å². The fourth-order valence-corrected chi connectivity index (χ4v) is 5.17. The summed E-state index contributed by atoms with van der Waals surface area (Å²) in [5.41, 5.74) is 12.0. The van der Waals surface area contributed by atoms with Crippen LogP contribution in [-0.2, 0) is 0 Å². The molecule has 1 aliphatic rings. The Morgan fingerprint density at radius 2 is 1.92 bits per heavy atom. The molecule has 9 nitrogen and oxygen atoms in total. The number of benzene rings is 2. The van der Waals surface area contributed by atoms with Gasteiger partial charge in [0.15, 0.2) is 5.82 Å². The van der Waals surface area contributed by atoms with E-state index >= 15 is 0 Å². The van der Waals surface area contributed by atoms with Crippen LogP contribution in [0.2, 0.25) is 0 Å². The SMILES string of the molecule is N#Cc1c(N)nc(N)nc1N1CCCC1c1nc2c(I)cccc2c(=O)n1-c1cccc(C(F)F)c1. The van der Waals surface area contributed by atoms with Gasteiger partial charge in [-0.3, -0.25) is 9.36 Å². The Morgan fingerprint density at radius 1 is 1.14 bits per heavy atom. The zero-order valence-electron chi connectivity index (χ0n) is 18.7. The van der Waals surface area contributed by atoms with Gasteiger partial charge in [0, 0.05) is 15.7 Å². The number of para-hydroxylation sites is 1. The molecule has 12 heteroatoms. The second kappa shape index (κ2) is 9.30. The molecule has 1 unspecified atom stereocenters. The maximum atomic E-state index is 13.8. The number of hydrogen-bond donors (Lipinski definition) is 2. The lowest BCUT2D eigenvalue weighted by atomic mass is 10.1. The molecule has 1 fully saturated rings. The van der Waals surface area contributed by atoms with Gasteiger partial charge in [0.25, 0.3) is 12.0 Å². The van der Waals surface area contributed by atoms with Crippen LogP contribution in [0.4, 0.5) is 26.4 Å².